The Labute approximate surface area is 67.9 Å². The van der Waals surface area contributed by atoms with Crippen LogP contribution in [0.3, 0.4) is 0 Å². The van der Waals surface area contributed by atoms with Gasteiger partial charge in [-0.25, -0.2) is 12.7 Å². The molecule has 0 saturated heterocycles. The Morgan fingerprint density at radius 2 is 1.91 bits per heavy atom. The van der Waals surface area contributed by atoms with Crippen molar-refractivity contribution < 1.29 is 13.5 Å². The summed E-state index contributed by atoms with van der Waals surface area (Å²) in [5, 5.41) is 9.12. The van der Waals surface area contributed by atoms with E-state index in [0.717, 1.165) is 4.31 Å². The van der Waals surface area contributed by atoms with E-state index in [-0.39, 0.29) is 0 Å². The zero-order valence-corrected chi connectivity index (χ0v) is 7.93. The van der Waals surface area contributed by atoms with Gasteiger partial charge in [0.25, 0.3) is 0 Å². The third-order valence-electron chi connectivity index (χ3n) is 1.39. The summed E-state index contributed by atoms with van der Waals surface area (Å²) in [7, 11) is -0.628. The van der Waals surface area contributed by atoms with Gasteiger partial charge in [0.2, 0.25) is 10.0 Å². The van der Waals surface area contributed by atoms with E-state index in [1.807, 2.05) is 6.92 Å². The Balaban J connectivity index is 4.32. The number of nitrogens with zero attached hydrogens (tertiary/aromatic N) is 1. The summed E-state index contributed by atoms with van der Waals surface area (Å²) in [6.45, 7) is 1.83. The molecule has 0 heterocycles. The molecular weight excluding hydrogens is 166 g/mol. The smallest absolute Gasteiger partial charge is 0.240 e. The Morgan fingerprint density at radius 1 is 1.45 bits per heavy atom. The maximum absolute atomic E-state index is 11.1. The molecule has 11 heavy (non-hydrogen) atoms. The number of sulfonamides is 1. The summed E-state index contributed by atoms with van der Waals surface area (Å²) in [4.78, 5) is 0. The maximum Gasteiger partial charge on any atom is 0.240 e. The Bertz CT molecular complexity index is 198. The average molecular weight is 181 g/mol. The van der Waals surface area contributed by atoms with E-state index in [0.29, 0.717) is 12.8 Å². The first-order valence-corrected chi connectivity index (χ1v) is 5.02. The van der Waals surface area contributed by atoms with Crippen LogP contribution in [0, 0.1) is 0 Å². The molecule has 0 aliphatic heterocycles. The van der Waals surface area contributed by atoms with E-state index in [2.05, 4.69) is 0 Å². The van der Waals surface area contributed by atoms with Crippen LogP contribution in [-0.2, 0) is 10.0 Å². The van der Waals surface area contributed by atoms with Crippen molar-refractivity contribution in [2.45, 2.75) is 25.2 Å². The quantitative estimate of drug-likeness (QED) is 0.664. The molecule has 0 bridgehead atoms. The Kier molecular flexibility index (Phi) is 3.99. The molecule has 0 aliphatic carbocycles. The molecule has 4 nitrogen and oxygen atoms in total. The SMILES string of the molecule is CCCC(O)S(=O)(=O)N(C)C. The van der Waals surface area contributed by atoms with Gasteiger partial charge in [-0.05, 0) is 6.42 Å². The largest absolute Gasteiger partial charge is 0.376 e. The zero-order valence-electron chi connectivity index (χ0n) is 7.11. The van der Waals surface area contributed by atoms with E-state index in [1.165, 1.54) is 14.1 Å². The summed E-state index contributed by atoms with van der Waals surface area (Å²) < 4.78 is 23.2. The fraction of sp³-hybridized carbons (Fsp3) is 1.00. The lowest BCUT2D eigenvalue weighted by molar-refractivity contribution is 0.229. The first-order valence-electron chi connectivity index (χ1n) is 3.52. The van der Waals surface area contributed by atoms with Crippen LogP contribution < -0.4 is 0 Å². The molecule has 0 amide bonds. The highest BCUT2D eigenvalue weighted by Crippen LogP contribution is 2.07. The average Bonchev–Trinajstić information content (AvgIpc) is 1.88. The molecule has 1 atom stereocenters. The van der Waals surface area contributed by atoms with E-state index in [9.17, 15) is 8.42 Å². The number of aliphatic hydroxyl groups is 1. The highest BCUT2D eigenvalue weighted by atomic mass is 32.2. The fourth-order valence-electron chi connectivity index (χ4n) is 0.639. The van der Waals surface area contributed by atoms with Crippen molar-refractivity contribution in [1.82, 2.24) is 4.31 Å². The van der Waals surface area contributed by atoms with E-state index < -0.39 is 15.5 Å². The van der Waals surface area contributed by atoms with Crippen LogP contribution >= 0.6 is 0 Å². The van der Waals surface area contributed by atoms with Crippen molar-refractivity contribution in [3.63, 3.8) is 0 Å². The number of hydrogen-bond donors (Lipinski definition) is 1. The topological polar surface area (TPSA) is 57.6 Å². The molecule has 0 spiro atoms. The van der Waals surface area contributed by atoms with Crippen molar-refractivity contribution in [1.29, 1.82) is 0 Å². The van der Waals surface area contributed by atoms with Crippen LogP contribution in [0.2, 0.25) is 0 Å². The predicted molar refractivity (Wildman–Crippen MR) is 43.5 cm³/mol. The second-order valence-electron chi connectivity index (χ2n) is 2.57. The molecule has 0 aromatic heterocycles. The van der Waals surface area contributed by atoms with Crippen LogP contribution in [0.4, 0.5) is 0 Å². The van der Waals surface area contributed by atoms with Gasteiger partial charge in [-0.15, -0.1) is 0 Å². The third kappa shape index (κ3) is 2.76. The maximum atomic E-state index is 11.1. The first-order chi connectivity index (χ1) is 4.92. The van der Waals surface area contributed by atoms with Crippen molar-refractivity contribution in [3.8, 4) is 0 Å². The molecule has 0 aromatic rings. The minimum absolute atomic E-state index is 0.292. The molecule has 68 valence electrons. The molecule has 0 rings (SSSR count). The Morgan fingerprint density at radius 3 is 2.18 bits per heavy atom. The summed E-state index contributed by atoms with van der Waals surface area (Å²) in [6.07, 6.45) is 0.953. The standard InChI is InChI=1S/C6H15NO3S/c1-4-5-6(8)11(9,10)7(2)3/h6,8H,4-5H2,1-3H3. The zero-order chi connectivity index (χ0) is 9.07. The number of hydrogen-bond acceptors (Lipinski definition) is 3. The van der Waals surface area contributed by atoms with Crippen LogP contribution in [0.25, 0.3) is 0 Å². The van der Waals surface area contributed by atoms with Gasteiger partial charge in [-0.2, -0.15) is 0 Å². The summed E-state index contributed by atoms with van der Waals surface area (Å²) in [5.41, 5.74) is -1.25. The van der Waals surface area contributed by atoms with Gasteiger partial charge >= 0.3 is 0 Å². The predicted octanol–water partition coefficient (Wildman–Crippen LogP) is -0.00370. The highest BCUT2D eigenvalue weighted by molar-refractivity contribution is 7.89. The van der Waals surface area contributed by atoms with E-state index in [4.69, 9.17) is 5.11 Å². The van der Waals surface area contributed by atoms with Gasteiger partial charge in [0, 0.05) is 14.1 Å². The van der Waals surface area contributed by atoms with Gasteiger partial charge in [0.1, 0.15) is 0 Å². The van der Waals surface area contributed by atoms with Crippen molar-refractivity contribution in [2.75, 3.05) is 14.1 Å². The van der Waals surface area contributed by atoms with Gasteiger partial charge in [0.05, 0.1) is 0 Å². The highest BCUT2D eigenvalue weighted by Gasteiger charge is 2.23. The fourth-order valence-corrected chi connectivity index (χ4v) is 1.66. The minimum Gasteiger partial charge on any atom is -0.376 e. The van der Waals surface area contributed by atoms with Gasteiger partial charge in [-0.1, -0.05) is 13.3 Å². The first kappa shape index (κ1) is 10.9. The lowest BCUT2D eigenvalue weighted by Crippen LogP contribution is -2.33. The van der Waals surface area contributed by atoms with Crippen LogP contribution in [0.5, 0.6) is 0 Å². The number of rotatable bonds is 4. The molecule has 1 N–H and O–H groups in total. The van der Waals surface area contributed by atoms with Crippen LogP contribution in [-0.4, -0.2) is 37.4 Å². The van der Waals surface area contributed by atoms with Crippen LogP contribution in [0.15, 0.2) is 0 Å². The molecular formula is C6H15NO3S. The van der Waals surface area contributed by atoms with E-state index in [1.54, 1.807) is 0 Å². The summed E-state index contributed by atoms with van der Waals surface area (Å²) in [5.74, 6) is 0. The normalized spacial score (nSPS) is 15.4. The lowest BCUT2D eigenvalue weighted by Gasteiger charge is -2.15. The third-order valence-corrected chi connectivity index (χ3v) is 3.33. The molecule has 1 unspecified atom stereocenters. The number of aliphatic hydroxyl groups excluding tert-OH is 1. The molecule has 5 heteroatoms. The molecule has 0 aromatic carbocycles. The second-order valence-corrected chi connectivity index (χ2v) is 4.88. The van der Waals surface area contributed by atoms with Crippen molar-refractivity contribution in [3.05, 3.63) is 0 Å². The van der Waals surface area contributed by atoms with Crippen molar-refractivity contribution >= 4 is 10.0 Å². The Hall–Kier alpha value is -0.130. The van der Waals surface area contributed by atoms with Crippen molar-refractivity contribution in [2.24, 2.45) is 0 Å². The monoisotopic (exact) mass is 181 g/mol. The lowest BCUT2D eigenvalue weighted by atomic mass is 10.4. The molecule has 0 fully saturated rings. The second kappa shape index (κ2) is 4.04. The molecule has 0 radical (unpaired) electrons. The van der Waals surface area contributed by atoms with Gasteiger partial charge in [-0.3, -0.25) is 0 Å². The summed E-state index contributed by atoms with van der Waals surface area (Å²) in [6, 6.07) is 0. The van der Waals surface area contributed by atoms with Crippen LogP contribution in [0.1, 0.15) is 19.8 Å². The van der Waals surface area contributed by atoms with Gasteiger partial charge < -0.3 is 5.11 Å². The summed E-state index contributed by atoms with van der Waals surface area (Å²) >= 11 is 0. The molecule has 0 saturated carbocycles. The minimum atomic E-state index is -3.45. The van der Waals surface area contributed by atoms with E-state index >= 15 is 0 Å². The van der Waals surface area contributed by atoms with Gasteiger partial charge in [0.15, 0.2) is 5.44 Å². The molecule has 0 aliphatic rings.